The van der Waals surface area contributed by atoms with Crippen molar-refractivity contribution in [1.29, 1.82) is 0 Å². The average molecular weight is 380 g/mol. The highest BCUT2D eigenvalue weighted by molar-refractivity contribution is 8.00. The summed E-state index contributed by atoms with van der Waals surface area (Å²) in [6.07, 6.45) is 0. The summed E-state index contributed by atoms with van der Waals surface area (Å²) < 4.78 is 10.3. The zero-order chi connectivity index (χ0) is 19.2. The molecule has 144 valence electrons. The molecule has 0 radical (unpaired) electrons. The summed E-state index contributed by atoms with van der Waals surface area (Å²) in [7, 11) is 2.91. The van der Waals surface area contributed by atoms with E-state index >= 15 is 0 Å². The van der Waals surface area contributed by atoms with Gasteiger partial charge in [0, 0.05) is 30.1 Å². The third-order valence-corrected chi connectivity index (χ3v) is 5.44. The number of esters is 1. The minimum atomic E-state index is -0.404. The largest absolute Gasteiger partial charge is 0.496 e. The van der Waals surface area contributed by atoms with Crippen LogP contribution in [0.5, 0.6) is 5.75 Å². The van der Waals surface area contributed by atoms with Gasteiger partial charge in [-0.25, -0.2) is 9.79 Å². The summed E-state index contributed by atoms with van der Waals surface area (Å²) in [4.78, 5) is 18.9. The molecule has 0 atom stereocenters. The first-order valence-electron chi connectivity index (χ1n) is 8.82. The first kappa shape index (κ1) is 20.4. The Labute approximate surface area is 160 Å². The predicted octanol–water partition coefficient (Wildman–Crippen LogP) is 2.77. The SMILES string of the molecule is CCNC(=NCc1ccc(C(=O)OC)c(OC)c1)N1CCSC(C)(C)C1. The molecule has 0 aromatic heterocycles. The molecule has 1 fully saturated rings. The number of hydrogen-bond donors (Lipinski definition) is 1. The van der Waals surface area contributed by atoms with Gasteiger partial charge in [-0.2, -0.15) is 11.8 Å². The van der Waals surface area contributed by atoms with E-state index in [4.69, 9.17) is 14.5 Å². The topological polar surface area (TPSA) is 63.2 Å². The molecule has 1 aromatic rings. The van der Waals surface area contributed by atoms with E-state index in [-0.39, 0.29) is 4.75 Å². The lowest BCUT2D eigenvalue weighted by Crippen LogP contribution is -2.50. The lowest BCUT2D eigenvalue weighted by atomic mass is 10.1. The Hall–Kier alpha value is -1.89. The molecule has 1 aromatic carbocycles. The second-order valence-electron chi connectivity index (χ2n) is 6.73. The smallest absolute Gasteiger partial charge is 0.341 e. The number of benzene rings is 1. The highest BCUT2D eigenvalue weighted by Crippen LogP contribution is 2.29. The van der Waals surface area contributed by atoms with Gasteiger partial charge in [0.15, 0.2) is 5.96 Å². The third kappa shape index (κ3) is 5.30. The molecule has 2 rings (SSSR count). The van der Waals surface area contributed by atoms with E-state index in [1.807, 2.05) is 23.9 Å². The fourth-order valence-electron chi connectivity index (χ4n) is 2.90. The van der Waals surface area contributed by atoms with Crippen LogP contribution in [0.25, 0.3) is 0 Å². The van der Waals surface area contributed by atoms with Crippen molar-refractivity contribution in [2.45, 2.75) is 32.1 Å². The van der Waals surface area contributed by atoms with Gasteiger partial charge in [-0.05, 0) is 38.5 Å². The Morgan fingerprint density at radius 3 is 2.77 bits per heavy atom. The molecular formula is C19H29N3O3S. The number of ether oxygens (including phenoxy) is 2. The molecule has 0 saturated carbocycles. The van der Waals surface area contributed by atoms with E-state index in [0.717, 1.165) is 36.9 Å². The van der Waals surface area contributed by atoms with Crippen LogP contribution in [-0.2, 0) is 11.3 Å². The minimum Gasteiger partial charge on any atom is -0.496 e. The fourth-order valence-corrected chi connectivity index (χ4v) is 4.01. The van der Waals surface area contributed by atoms with Crippen LogP contribution in [0.2, 0.25) is 0 Å². The quantitative estimate of drug-likeness (QED) is 0.482. The Morgan fingerprint density at radius 2 is 2.15 bits per heavy atom. The Bertz CT molecular complexity index is 661. The summed E-state index contributed by atoms with van der Waals surface area (Å²) in [6.45, 7) is 9.91. The molecule has 0 bridgehead atoms. The molecule has 7 heteroatoms. The van der Waals surface area contributed by atoms with Gasteiger partial charge < -0.3 is 19.7 Å². The van der Waals surface area contributed by atoms with Crippen LogP contribution in [0.4, 0.5) is 0 Å². The van der Waals surface area contributed by atoms with Crippen LogP contribution in [0.1, 0.15) is 36.7 Å². The van der Waals surface area contributed by atoms with Gasteiger partial charge >= 0.3 is 5.97 Å². The van der Waals surface area contributed by atoms with Gasteiger partial charge in [-0.3, -0.25) is 0 Å². The number of thioether (sulfide) groups is 1. The number of aliphatic imine (C=N–C) groups is 1. The van der Waals surface area contributed by atoms with Crippen LogP contribution >= 0.6 is 11.8 Å². The van der Waals surface area contributed by atoms with Gasteiger partial charge in [-0.1, -0.05) is 6.07 Å². The minimum absolute atomic E-state index is 0.222. The molecule has 0 aliphatic carbocycles. The summed E-state index contributed by atoms with van der Waals surface area (Å²) in [5.74, 6) is 2.12. The van der Waals surface area contributed by atoms with Gasteiger partial charge in [0.25, 0.3) is 0 Å². The molecule has 1 saturated heterocycles. The van der Waals surface area contributed by atoms with Gasteiger partial charge in [-0.15, -0.1) is 0 Å². The first-order chi connectivity index (χ1) is 12.4. The van der Waals surface area contributed by atoms with Crippen molar-refractivity contribution in [2.75, 3.05) is 39.6 Å². The Balaban J connectivity index is 2.17. The molecule has 0 amide bonds. The number of carbonyl (C=O) groups excluding carboxylic acids is 1. The Morgan fingerprint density at radius 1 is 1.38 bits per heavy atom. The lowest BCUT2D eigenvalue weighted by Gasteiger charge is -2.39. The number of rotatable bonds is 5. The van der Waals surface area contributed by atoms with E-state index in [1.165, 1.54) is 7.11 Å². The normalized spacial score (nSPS) is 17.0. The summed E-state index contributed by atoms with van der Waals surface area (Å²) >= 11 is 2.00. The molecule has 26 heavy (non-hydrogen) atoms. The number of carbonyl (C=O) groups is 1. The van der Waals surface area contributed by atoms with E-state index in [2.05, 4.69) is 31.0 Å². The lowest BCUT2D eigenvalue weighted by molar-refractivity contribution is 0.0597. The third-order valence-electron chi connectivity index (χ3n) is 4.14. The monoisotopic (exact) mass is 379 g/mol. The highest BCUT2D eigenvalue weighted by atomic mass is 32.2. The zero-order valence-electron chi connectivity index (χ0n) is 16.3. The van der Waals surface area contributed by atoms with Gasteiger partial charge in [0.05, 0.1) is 20.8 Å². The first-order valence-corrected chi connectivity index (χ1v) is 9.81. The molecule has 0 unspecified atom stereocenters. The number of methoxy groups -OCH3 is 2. The van der Waals surface area contributed by atoms with Gasteiger partial charge in [0.1, 0.15) is 11.3 Å². The maximum Gasteiger partial charge on any atom is 0.341 e. The van der Waals surface area contributed by atoms with E-state index in [0.29, 0.717) is 17.9 Å². The van der Waals surface area contributed by atoms with Crippen molar-refractivity contribution >= 4 is 23.7 Å². The average Bonchev–Trinajstić information content (AvgIpc) is 2.63. The van der Waals surface area contributed by atoms with E-state index in [1.54, 1.807) is 13.2 Å². The van der Waals surface area contributed by atoms with Crippen molar-refractivity contribution in [2.24, 2.45) is 4.99 Å². The summed E-state index contributed by atoms with van der Waals surface area (Å²) in [5.41, 5.74) is 1.40. The maximum atomic E-state index is 11.8. The molecular weight excluding hydrogens is 350 g/mol. The van der Waals surface area contributed by atoms with Crippen LogP contribution in [0, 0.1) is 0 Å². The van der Waals surface area contributed by atoms with Crippen LogP contribution in [-0.4, -0.2) is 61.2 Å². The molecule has 0 spiro atoms. The zero-order valence-corrected chi connectivity index (χ0v) is 17.1. The summed E-state index contributed by atoms with van der Waals surface area (Å²) in [5, 5.41) is 3.39. The standard InChI is InChI=1S/C19H29N3O3S/c1-6-20-18(22-9-10-26-19(2,3)13-22)21-12-14-7-8-15(17(23)25-5)16(11-14)24-4/h7-8,11H,6,9-10,12-13H2,1-5H3,(H,20,21). The van der Waals surface area contributed by atoms with Crippen molar-refractivity contribution in [1.82, 2.24) is 10.2 Å². The van der Waals surface area contributed by atoms with Crippen molar-refractivity contribution < 1.29 is 14.3 Å². The van der Waals surface area contributed by atoms with E-state index in [9.17, 15) is 4.79 Å². The predicted molar refractivity (Wildman–Crippen MR) is 107 cm³/mol. The fraction of sp³-hybridized carbons (Fsp3) is 0.579. The second kappa shape index (κ2) is 9.16. The summed E-state index contributed by atoms with van der Waals surface area (Å²) in [6, 6.07) is 5.45. The number of hydrogen-bond acceptors (Lipinski definition) is 5. The van der Waals surface area contributed by atoms with Crippen LogP contribution in [0.15, 0.2) is 23.2 Å². The van der Waals surface area contributed by atoms with Crippen molar-refractivity contribution in [3.63, 3.8) is 0 Å². The molecule has 1 N–H and O–H groups in total. The van der Waals surface area contributed by atoms with Gasteiger partial charge in [0.2, 0.25) is 0 Å². The molecule has 1 aliphatic heterocycles. The molecule has 1 heterocycles. The Kier molecular flexibility index (Phi) is 7.20. The maximum absolute atomic E-state index is 11.8. The molecule has 6 nitrogen and oxygen atoms in total. The number of guanidine groups is 1. The number of nitrogens with one attached hydrogen (secondary N) is 1. The van der Waals surface area contributed by atoms with Crippen molar-refractivity contribution in [3.8, 4) is 5.75 Å². The second-order valence-corrected chi connectivity index (χ2v) is 8.53. The van der Waals surface area contributed by atoms with Crippen LogP contribution < -0.4 is 10.1 Å². The highest BCUT2D eigenvalue weighted by Gasteiger charge is 2.28. The van der Waals surface area contributed by atoms with Crippen LogP contribution in [0.3, 0.4) is 0 Å². The molecule has 1 aliphatic rings. The van der Waals surface area contributed by atoms with E-state index < -0.39 is 5.97 Å². The van der Waals surface area contributed by atoms with Crippen molar-refractivity contribution in [3.05, 3.63) is 29.3 Å². The number of nitrogens with zero attached hydrogens (tertiary/aromatic N) is 2.